The van der Waals surface area contributed by atoms with Crippen molar-refractivity contribution in [2.24, 2.45) is 11.7 Å². The van der Waals surface area contributed by atoms with E-state index in [0.717, 1.165) is 25.0 Å². The monoisotopic (exact) mass is 179 g/mol. The highest BCUT2D eigenvalue weighted by Crippen LogP contribution is 2.41. The zero-order valence-electron chi connectivity index (χ0n) is 8.30. The molecule has 72 valence electrons. The third-order valence-electron chi connectivity index (χ3n) is 2.56. The van der Waals surface area contributed by atoms with E-state index < -0.39 is 0 Å². The van der Waals surface area contributed by atoms with Gasteiger partial charge in [0.25, 0.3) is 0 Å². The van der Waals surface area contributed by atoms with Gasteiger partial charge in [0, 0.05) is 5.69 Å². The molecule has 0 radical (unpaired) electrons. The van der Waals surface area contributed by atoms with Gasteiger partial charge in [-0.15, -0.1) is 0 Å². The molecule has 3 N–H and O–H groups in total. The summed E-state index contributed by atoms with van der Waals surface area (Å²) >= 11 is 0. The van der Waals surface area contributed by atoms with Gasteiger partial charge in [0.1, 0.15) is 0 Å². The Hall–Kier alpha value is -0.830. The predicted molar refractivity (Wildman–Crippen MR) is 52.2 cm³/mol. The molecular weight excluding hydrogens is 162 g/mol. The molecule has 0 aromatic carbocycles. The highest BCUT2D eigenvalue weighted by molar-refractivity contribution is 5.23. The number of hydrogen-bond acceptors (Lipinski definition) is 2. The fraction of sp³-hybridized carbons (Fsp3) is 0.700. The highest BCUT2D eigenvalue weighted by atomic mass is 15.1. The molecule has 2 rings (SSSR count). The van der Waals surface area contributed by atoms with Crippen LogP contribution in [0.4, 0.5) is 0 Å². The van der Waals surface area contributed by atoms with Crippen LogP contribution in [0.5, 0.6) is 0 Å². The Kier molecular flexibility index (Phi) is 1.91. The number of rotatable bonds is 3. The normalized spacial score (nSPS) is 19.4. The molecule has 1 aliphatic carbocycles. The number of hydrogen-bond donors (Lipinski definition) is 2. The van der Waals surface area contributed by atoms with Crippen molar-refractivity contribution in [1.29, 1.82) is 0 Å². The van der Waals surface area contributed by atoms with Gasteiger partial charge in [-0.2, -0.15) is 5.10 Å². The van der Waals surface area contributed by atoms with Crippen molar-refractivity contribution in [2.75, 3.05) is 0 Å². The second-order valence-corrected chi connectivity index (χ2v) is 4.53. The lowest BCUT2D eigenvalue weighted by Gasteiger charge is -2.01. The Morgan fingerprint density at radius 3 is 2.85 bits per heavy atom. The lowest BCUT2D eigenvalue weighted by atomic mass is 10.1. The number of nitrogens with one attached hydrogen (secondary N) is 1. The van der Waals surface area contributed by atoms with E-state index in [-0.39, 0.29) is 5.54 Å². The summed E-state index contributed by atoms with van der Waals surface area (Å²) in [6.07, 6.45) is 3.22. The summed E-state index contributed by atoms with van der Waals surface area (Å²) in [5.41, 5.74) is 8.19. The molecule has 0 atom stereocenters. The number of aromatic amines is 1. The summed E-state index contributed by atoms with van der Waals surface area (Å²) in [4.78, 5) is 0. The first kappa shape index (κ1) is 8.75. The largest absolute Gasteiger partial charge is 0.320 e. The van der Waals surface area contributed by atoms with Crippen LogP contribution in [0.2, 0.25) is 0 Å². The first-order valence-corrected chi connectivity index (χ1v) is 4.94. The van der Waals surface area contributed by atoms with E-state index in [0.29, 0.717) is 5.92 Å². The molecule has 1 aromatic rings. The Morgan fingerprint density at radius 1 is 1.62 bits per heavy atom. The maximum absolute atomic E-state index is 6.03. The van der Waals surface area contributed by atoms with Crippen LogP contribution >= 0.6 is 0 Å². The second-order valence-electron chi connectivity index (χ2n) is 4.53. The number of aromatic nitrogens is 2. The lowest BCUT2D eigenvalue weighted by molar-refractivity contribution is 0.633. The van der Waals surface area contributed by atoms with Crippen molar-refractivity contribution in [3.8, 4) is 0 Å². The van der Waals surface area contributed by atoms with Gasteiger partial charge < -0.3 is 5.73 Å². The maximum atomic E-state index is 6.03. The van der Waals surface area contributed by atoms with Crippen molar-refractivity contribution >= 4 is 0 Å². The third-order valence-corrected chi connectivity index (χ3v) is 2.56. The molecule has 1 heterocycles. The van der Waals surface area contributed by atoms with Crippen LogP contribution in [0.3, 0.4) is 0 Å². The number of nitrogens with two attached hydrogens (primary N) is 1. The van der Waals surface area contributed by atoms with Crippen LogP contribution < -0.4 is 5.73 Å². The lowest BCUT2D eigenvalue weighted by Crippen LogP contribution is -2.18. The molecule has 1 fully saturated rings. The summed E-state index contributed by atoms with van der Waals surface area (Å²) in [5.74, 6) is 0.668. The molecule has 1 aromatic heterocycles. The Balaban J connectivity index is 2.09. The average Bonchev–Trinajstić information content (AvgIpc) is 2.62. The van der Waals surface area contributed by atoms with Crippen LogP contribution in [0.25, 0.3) is 0 Å². The SMILES string of the molecule is CC(C)Cc1cc(C2(N)CC2)n[nH]1. The summed E-state index contributed by atoms with van der Waals surface area (Å²) in [6, 6.07) is 2.12. The van der Waals surface area contributed by atoms with Crippen LogP contribution in [-0.4, -0.2) is 10.2 Å². The zero-order chi connectivity index (χ0) is 9.47. The fourth-order valence-electron chi connectivity index (χ4n) is 1.55. The van der Waals surface area contributed by atoms with Crippen molar-refractivity contribution in [3.05, 3.63) is 17.5 Å². The van der Waals surface area contributed by atoms with Gasteiger partial charge in [-0.3, -0.25) is 5.10 Å². The molecule has 0 saturated heterocycles. The molecular formula is C10H17N3. The Labute approximate surface area is 78.7 Å². The molecule has 0 bridgehead atoms. The number of nitrogens with zero attached hydrogens (tertiary/aromatic N) is 1. The van der Waals surface area contributed by atoms with Crippen molar-refractivity contribution < 1.29 is 0 Å². The molecule has 0 aliphatic heterocycles. The smallest absolute Gasteiger partial charge is 0.0823 e. The van der Waals surface area contributed by atoms with Crippen LogP contribution in [0.1, 0.15) is 38.1 Å². The van der Waals surface area contributed by atoms with Crippen molar-refractivity contribution in [2.45, 2.75) is 38.6 Å². The van der Waals surface area contributed by atoms with Gasteiger partial charge in [-0.1, -0.05) is 13.8 Å². The third kappa shape index (κ3) is 1.75. The standard InChI is InChI=1S/C10H17N3/c1-7(2)5-8-6-9(13-12-8)10(11)3-4-10/h6-7H,3-5,11H2,1-2H3,(H,12,13). The van der Waals surface area contributed by atoms with Gasteiger partial charge in [0.05, 0.1) is 11.2 Å². The van der Waals surface area contributed by atoms with Gasteiger partial charge >= 0.3 is 0 Å². The van der Waals surface area contributed by atoms with Gasteiger partial charge in [-0.05, 0) is 31.2 Å². The van der Waals surface area contributed by atoms with E-state index in [2.05, 4.69) is 30.1 Å². The van der Waals surface area contributed by atoms with Crippen molar-refractivity contribution in [1.82, 2.24) is 10.2 Å². The van der Waals surface area contributed by atoms with E-state index in [1.165, 1.54) is 5.69 Å². The van der Waals surface area contributed by atoms with Crippen molar-refractivity contribution in [3.63, 3.8) is 0 Å². The van der Waals surface area contributed by atoms with Crippen LogP contribution in [-0.2, 0) is 12.0 Å². The molecule has 1 aliphatic rings. The molecule has 3 nitrogen and oxygen atoms in total. The van der Waals surface area contributed by atoms with Gasteiger partial charge in [0.2, 0.25) is 0 Å². The Morgan fingerprint density at radius 2 is 2.31 bits per heavy atom. The van der Waals surface area contributed by atoms with E-state index in [1.807, 2.05) is 0 Å². The van der Waals surface area contributed by atoms with E-state index >= 15 is 0 Å². The molecule has 0 unspecified atom stereocenters. The highest BCUT2D eigenvalue weighted by Gasteiger charge is 2.42. The van der Waals surface area contributed by atoms with Gasteiger partial charge in [0.15, 0.2) is 0 Å². The van der Waals surface area contributed by atoms with E-state index in [9.17, 15) is 0 Å². The summed E-state index contributed by atoms with van der Waals surface area (Å²) in [7, 11) is 0. The summed E-state index contributed by atoms with van der Waals surface area (Å²) in [6.45, 7) is 4.41. The predicted octanol–water partition coefficient (Wildman–Crippen LogP) is 1.56. The molecule has 0 spiro atoms. The Bertz CT molecular complexity index is 297. The molecule has 0 amide bonds. The average molecular weight is 179 g/mol. The molecule has 13 heavy (non-hydrogen) atoms. The maximum Gasteiger partial charge on any atom is 0.0823 e. The summed E-state index contributed by atoms with van der Waals surface area (Å²) < 4.78 is 0. The quantitative estimate of drug-likeness (QED) is 0.739. The van der Waals surface area contributed by atoms with Crippen LogP contribution in [0.15, 0.2) is 6.07 Å². The first-order chi connectivity index (χ1) is 6.10. The van der Waals surface area contributed by atoms with E-state index in [1.54, 1.807) is 0 Å². The van der Waals surface area contributed by atoms with E-state index in [4.69, 9.17) is 5.73 Å². The minimum atomic E-state index is -0.0915. The zero-order valence-corrected chi connectivity index (χ0v) is 8.30. The summed E-state index contributed by atoms with van der Waals surface area (Å²) in [5, 5.41) is 7.31. The second kappa shape index (κ2) is 2.84. The van der Waals surface area contributed by atoms with Gasteiger partial charge in [-0.25, -0.2) is 0 Å². The molecule has 1 saturated carbocycles. The first-order valence-electron chi connectivity index (χ1n) is 4.94. The minimum absolute atomic E-state index is 0.0915. The molecule has 3 heteroatoms. The van der Waals surface area contributed by atoms with Crippen LogP contribution in [0, 0.1) is 5.92 Å². The topological polar surface area (TPSA) is 54.7 Å². The minimum Gasteiger partial charge on any atom is -0.320 e. The number of H-pyrrole nitrogens is 1. The fourth-order valence-corrected chi connectivity index (χ4v) is 1.55.